The quantitative estimate of drug-likeness (QED) is 0.142. The molecule has 13 rings (SSSR count). The van der Waals surface area contributed by atoms with Crippen molar-refractivity contribution in [2.75, 3.05) is 9.80 Å². The predicted octanol–water partition coefficient (Wildman–Crippen LogP) is 15.4. The molecule has 11 aromatic rings. The van der Waals surface area contributed by atoms with Crippen LogP contribution >= 0.6 is 0 Å². The molecule has 0 aliphatic carbocycles. The minimum atomic E-state index is -0.0949. The molecule has 68 heavy (non-hydrogen) atoms. The van der Waals surface area contributed by atoms with Crippen molar-refractivity contribution in [1.29, 1.82) is 0 Å². The van der Waals surface area contributed by atoms with E-state index in [9.17, 15) is 0 Å². The van der Waals surface area contributed by atoms with E-state index in [4.69, 9.17) is 4.42 Å². The van der Waals surface area contributed by atoms with Crippen molar-refractivity contribution >= 4 is 57.2 Å². The van der Waals surface area contributed by atoms with Gasteiger partial charge in [0.05, 0.1) is 0 Å². The molecule has 3 heterocycles. The Morgan fingerprint density at radius 2 is 0.574 bits per heavy atom. The lowest BCUT2D eigenvalue weighted by atomic mass is 9.33. The Morgan fingerprint density at radius 1 is 0.250 bits per heavy atom. The molecular weight excluding hydrogens is 824 g/mol. The van der Waals surface area contributed by atoms with Gasteiger partial charge in [-0.2, -0.15) is 0 Å². The first-order valence-electron chi connectivity index (χ1n) is 23.4. The van der Waals surface area contributed by atoms with Crippen LogP contribution in [0.25, 0.3) is 67.2 Å². The topological polar surface area (TPSA) is 19.6 Å². The first-order valence-corrected chi connectivity index (χ1v) is 23.4. The molecule has 0 fully saturated rings. The van der Waals surface area contributed by atoms with Gasteiger partial charge in [0.25, 0.3) is 6.71 Å². The fraction of sp³-hybridized carbons (Fsp3) is 0. The molecule has 0 atom stereocenters. The van der Waals surface area contributed by atoms with Crippen LogP contribution in [0.1, 0.15) is 0 Å². The van der Waals surface area contributed by atoms with E-state index in [0.717, 1.165) is 56.8 Å². The van der Waals surface area contributed by atoms with Crippen LogP contribution in [0.2, 0.25) is 0 Å². The van der Waals surface area contributed by atoms with Gasteiger partial charge in [0.2, 0.25) is 0 Å². The highest BCUT2D eigenvalue weighted by molar-refractivity contribution is 7.00. The van der Waals surface area contributed by atoms with Crippen LogP contribution in [0.4, 0.5) is 34.1 Å². The molecule has 0 saturated carbocycles. The normalized spacial score (nSPS) is 12.3. The molecule has 0 N–H and O–H groups in total. The molecule has 0 bridgehead atoms. The van der Waals surface area contributed by atoms with Gasteiger partial charge in [-0.15, -0.1) is 0 Å². The Kier molecular flexibility index (Phi) is 9.61. The second kappa shape index (κ2) is 16.5. The molecule has 2 aliphatic rings. The average molecular weight is 867 g/mol. The van der Waals surface area contributed by atoms with Crippen LogP contribution in [-0.2, 0) is 0 Å². The molecular formula is C64H43BN2O. The molecule has 0 unspecified atom stereocenters. The minimum Gasteiger partial charge on any atom is -0.456 e. The summed E-state index contributed by atoms with van der Waals surface area (Å²) in [7, 11) is 0. The molecule has 0 amide bonds. The average Bonchev–Trinajstić information content (AvgIpc) is 3.93. The Bertz CT molecular complexity index is 3390. The van der Waals surface area contributed by atoms with Crippen LogP contribution < -0.4 is 26.2 Å². The second-order valence-corrected chi connectivity index (χ2v) is 17.7. The van der Waals surface area contributed by atoms with Gasteiger partial charge in [-0.3, -0.25) is 0 Å². The van der Waals surface area contributed by atoms with Crippen molar-refractivity contribution in [3.63, 3.8) is 0 Å². The summed E-state index contributed by atoms with van der Waals surface area (Å²) < 4.78 is 6.83. The Labute approximate surface area is 397 Å². The summed E-state index contributed by atoms with van der Waals surface area (Å²) >= 11 is 0. The molecule has 1 aromatic heterocycles. The molecule has 0 saturated heterocycles. The molecule has 10 aromatic carbocycles. The highest BCUT2D eigenvalue weighted by Crippen LogP contribution is 2.48. The second-order valence-electron chi connectivity index (χ2n) is 17.7. The van der Waals surface area contributed by atoms with Crippen molar-refractivity contribution in [3.8, 4) is 67.2 Å². The van der Waals surface area contributed by atoms with E-state index < -0.39 is 0 Å². The maximum Gasteiger partial charge on any atom is 0.252 e. The monoisotopic (exact) mass is 866 g/mol. The molecule has 4 heteroatoms. The zero-order chi connectivity index (χ0) is 45.0. The van der Waals surface area contributed by atoms with Crippen LogP contribution in [0.5, 0.6) is 0 Å². The van der Waals surface area contributed by atoms with Crippen molar-refractivity contribution < 1.29 is 4.42 Å². The lowest BCUT2D eigenvalue weighted by molar-refractivity contribution is 0.597. The third kappa shape index (κ3) is 6.85. The van der Waals surface area contributed by atoms with Gasteiger partial charge in [-0.05, 0) is 122 Å². The first-order chi connectivity index (χ1) is 33.7. The van der Waals surface area contributed by atoms with Gasteiger partial charge in [0.1, 0.15) is 11.5 Å². The number of nitrogens with zero attached hydrogens (tertiary/aromatic N) is 2. The maximum absolute atomic E-state index is 6.83. The fourth-order valence-corrected chi connectivity index (χ4v) is 10.4. The van der Waals surface area contributed by atoms with E-state index >= 15 is 0 Å². The highest BCUT2D eigenvalue weighted by atomic mass is 16.3. The van der Waals surface area contributed by atoms with Crippen LogP contribution in [0, 0.1) is 0 Å². The van der Waals surface area contributed by atoms with Gasteiger partial charge >= 0.3 is 0 Å². The predicted molar refractivity (Wildman–Crippen MR) is 285 cm³/mol. The Balaban J connectivity index is 1.09. The lowest BCUT2D eigenvalue weighted by Crippen LogP contribution is -2.61. The van der Waals surface area contributed by atoms with Crippen molar-refractivity contribution in [2.45, 2.75) is 0 Å². The fourth-order valence-electron chi connectivity index (χ4n) is 10.4. The summed E-state index contributed by atoms with van der Waals surface area (Å²) in [5.74, 6) is 1.65. The Morgan fingerprint density at radius 3 is 0.971 bits per heavy atom. The summed E-state index contributed by atoms with van der Waals surface area (Å²) in [4.78, 5) is 4.98. The molecule has 0 radical (unpaired) electrons. The molecule has 0 spiro atoms. The number of benzene rings is 10. The van der Waals surface area contributed by atoms with Crippen molar-refractivity contribution in [2.24, 2.45) is 0 Å². The number of fused-ring (bicyclic) bond motifs is 4. The largest absolute Gasteiger partial charge is 0.456 e. The van der Waals surface area contributed by atoms with E-state index in [-0.39, 0.29) is 6.71 Å². The zero-order valence-corrected chi connectivity index (χ0v) is 37.2. The zero-order valence-electron chi connectivity index (χ0n) is 37.2. The third-order valence-corrected chi connectivity index (χ3v) is 13.7. The van der Waals surface area contributed by atoms with Crippen molar-refractivity contribution in [1.82, 2.24) is 0 Å². The van der Waals surface area contributed by atoms with E-state index in [0.29, 0.717) is 0 Å². The number of furan rings is 1. The molecule has 2 aliphatic heterocycles. The first kappa shape index (κ1) is 39.5. The van der Waals surface area contributed by atoms with Gasteiger partial charge in [-0.1, -0.05) is 200 Å². The molecule has 318 valence electrons. The Hall–Kier alpha value is -8.86. The van der Waals surface area contributed by atoms with Gasteiger partial charge < -0.3 is 14.2 Å². The standard InChI is InChI=1S/C64H43BN2O/c1-6-16-44(17-7-1)48-26-32-54(33-27-48)66-58-36-30-51(46-20-10-3-11-21-46)40-56(58)65-57-41-52(47-22-12-4-13-23-47)31-37-59(57)67(55-34-28-49(29-35-55)45-18-8-2-9-19-45)61-43-53(42-60(66)64(61)65)63-39-38-62(68-63)50-24-14-5-15-25-50/h1-43H. The lowest BCUT2D eigenvalue weighted by Gasteiger charge is -2.44. The molecule has 3 nitrogen and oxygen atoms in total. The van der Waals surface area contributed by atoms with Gasteiger partial charge in [0, 0.05) is 45.3 Å². The number of hydrogen-bond acceptors (Lipinski definition) is 3. The summed E-state index contributed by atoms with van der Waals surface area (Å²) in [6, 6.07) is 94.4. The maximum atomic E-state index is 6.83. The van der Waals surface area contributed by atoms with E-state index in [1.807, 2.05) is 6.07 Å². The number of anilines is 6. The van der Waals surface area contributed by atoms with E-state index in [1.165, 1.54) is 60.9 Å². The summed E-state index contributed by atoms with van der Waals surface area (Å²) in [5.41, 5.74) is 22.0. The van der Waals surface area contributed by atoms with Gasteiger partial charge in [-0.25, -0.2) is 0 Å². The van der Waals surface area contributed by atoms with E-state index in [1.54, 1.807) is 0 Å². The smallest absolute Gasteiger partial charge is 0.252 e. The van der Waals surface area contributed by atoms with Gasteiger partial charge in [0.15, 0.2) is 0 Å². The highest BCUT2D eigenvalue weighted by Gasteiger charge is 2.44. The minimum absolute atomic E-state index is 0.0949. The van der Waals surface area contributed by atoms with Crippen molar-refractivity contribution in [3.05, 3.63) is 261 Å². The summed E-state index contributed by atoms with van der Waals surface area (Å²) in [5, 5.41) is 0. The van der Waals surface area contributed by atoms with E-state index in [2.05, 4.69) is 265 Å². The summed E-state index contributed by atoms with van der Waals surface area (Å²) in [6.07, 6.45) is 0. The number of rotatable bonds is 8. The van der Waals surface area contributed by atoms with Crippen LogP contribution in [0.15, 0.2) is 265 Å². The summed E-state index contributed by atoms with van der Waals surface area (Å²) in [6.45, 7) is -0.0949. The van der Waals surface area contributed by atoms with Crippen LogP contribution in [-0.4, -0.2) is 6.71 Å². The SMILES string of the molecule is c1ccc(-c2ccc(N3c4ccc(-c5ccccc5)cc4B4c5cc(-c6ccccc6)ccc5N(c5ccc(-c6ccccc6)cc5)c5cc(-c6ccc(-c7ccccc7)o6)cc3c54)cc2)cc1. The third-order valence-electron chi connectivity index (χ3n) is 13.7. The number of hydrogen-bond donors (Lipinski definition) is 0. The van der Waals surface area contributed by atoms with Crippen LogP contribution in [0.3, 0.4) is 0 Å².